The molecule has 2 atom stereocenters. The highest BCUT2D eigenvalue weighted by Crippen LogP contribution is 2.41. The molecule has 2 aromatic rings. The maximum Gasteiger partial charge on any atom is 0.137 e. The molecule has 2 unspecified atom stereocenters. The molecule has 1 aromatic heterocycles. The lowest BCUT2D eigenvalue weighted by atomic mass is 9.79. The maximum atomic E-state index is 10.6. The SMILES string of the molecule is CCSC1CCC1(O)CNc1ncnc2cc(Cl)ccc12. The molecule has 1 fully saturated rings. The van der Waals surface area contributed by atoms with E-state index in [4.69, 9.17) is 11.6 Å². The number of halogens is 1. The highest BCUT2D eigenvalue weighted by Gasteiger charge is 2.45. The highest BCUT2D eigenvalue weighted by molar-refractivity contribution is 8.00. The number of hydrogen-bond acceptors (Lipinski definition) is 5. The molecule has 3 rings (SSSR count). The third-order valence-electron chi connectivity index (χ3n) is 3.97. The fraction of sp³-hybridized carbons (Fsp3) is 0.467. The van der Waals surface area contributed by atoms with Crippen molar-refractivity contribution in [3.05, 3.63) is 29.5 Å². The second-order valence-corrected chi connectivity index (χ2v) is 7.24. The zero-order chi connectivity index (χ0) is 14.9. The van der Waals surface area contributed by atoms with Gasteiger partial charge in [-0.1, -0.05) is 18.5 Å². The Labute approximate surface area is 133 Å². The van der Waals surface area contributed by atoms with E-state index < -0.39 is 5.60 Å². The van der Waals surface area contributed by atoms with Crippen LogP contribution in [-0.2, 0) is 0 Å². The van der Waals surface area contributed by atoms with Gasteiger partial charge in [-0.3, -0.25) is 0 Å². The Kier molecular flexibility index (Phi) is 4.24. The van der Waals surface area contributed by atoms with Crippen LogP contribution in [0.5, 0.6) is 0 Å². The summed E-state index contributed by atoms with van der Waals surface area (Å²) in [7, 11) is 0. The van der Waals surface area contributed by atoms with Crippen molar-refractivity contribution < 1.29 is 5.11 Å². The van der Waals surface area contributed by atoms with Crippen molar-refractivity contribution in [3.8, 4) is 0 Å². The minimum Gasteiger partial charge on any atom is -0.387 e. The molecule has 1 aliphatic rings. The fourth-order valence-corrected chi connectivity index (χ4v) is 4.01. The molecular formula is C15H18ClN3OS. The van der Waals surface area contributed by atoms with Crippen molar-refractivity contribution in [2.24, 2.45) is 0 Å². The largest absolute Gasteiger partial charge is 0.387 e. The zero-order valence-electron chi connectivity index (χ0n) is 11.8. The first-order valence-corrected chi connectivity index (χ1v) is 8.53. The summed E-state index contributed by atoms with van der Waals surface area (Å²) in [6.45, 7) is 2.64. The molecule has 112 valence electrons. The molecule has 0 saturated heterocycles. The summed E-state index contributed by atoms with van der Waals surface area (Å²) in [6, 6.07) is 5.55. The Bertz CT molecular complexity index is 654. The third kappa shape index (κ3) is 2.96. The Morgan fingerprint density at radius 3 is 3.05 bits per heavy atom. The minimum atomic E-state index is -0.635. The first-order valence-electron chi connectivity index (χ1n) is 7.10. The Morgan fingerprint density at radius 1 is 1.48 bits per heavy atom. The number of benzene rings is 1. The third-order valence-corrected chi connectivity index (χ3v) is 5.61. The molecule has 21 heavy (non-hydrogen) atoms. The van der Waals surface area contributed by atoms with Gasteiger partial charge in [0.05, 0.1) is 11.1 Å². The van der Waals surface area contributed by atoms with Crippen LogP contribution in [0.4, 0.5) is 5.82 Å². The van der Waals surface area contributed by atoms with Crippen LogP contribution in [0.25, 0.3) is 10.9 Å². The van der Waals surface area contributed by atoms with Crippen molar-refractivity contribution in [2.75, 3.05) is 17.6 Å². The number of nitrogens with zero attached hydrogens (tertiary/aromatic N) is 2. The van der Waals surface area contributed by atoms with Crippen LogP contribution in [0, 0.1) is 0 Å². The first-order chi connectivity index (χ1) is 10.1. The Hall–Kier alpha value is -1.04. The van der Waals surface area contributed by atoms with E-state index in [0.29, 0.717) is 16.8 Å². The van der Waals surface area contributed by atoms with Crippen LogP contribution in [0.1, 0.15) is 19.8 Å². The quantitative estimate of drug-likeness (QED) is 0.883. The van der Waals surface area contributed by atoms with Gasteiger partial charge in [0, 0.05) is 22.2 Å². The van der Waals surface area contributed by atoms with E-state index in [-0.39, 0.29) is 0 Å². The summed E-state index contributed by atoms with van der Waals surface area (Å²) in [5.41, 5.74) is 0.171. The number of anilines is 1. The zero-order valence-corrected chi connectivity index (χ0v) is 13.4. The van der Waals surface area contributed by atoms with Crippen LogP contribution >= 0.6 is 23.4 Å². The number of thioether (sulfide) groups is 1. The van der Waals surface area contributed by atoms with Crippen LogP contribution in [0.15, 0.2) is 24.5 Å². The molecule has 0 spiro atoms. The van der Waals surface area contributed by atoms with E-state index >= 15 is 0 Å². The van der Waals surface area contributed by atoms with Crippen LogP contribution in [-0.4, -0.2) is 38.2 Å². The summed E-state index contributed by atoms with van der Waals surface area (Å²) >= 11 is 7.81. The fourth-order valence-electron chi connectivity index (χ4n) is 2.65. The van der Waals surface area contributed by atoms with Crippen molar-refractivity contribution in [3.63, 3.8) is 0 Å². The first kappa shape index (κ1) is 14.9. The van der Waals surface area contributed by atoms with Gasteiger partial charge in [0.1, 0.15) is 12.1 Å². The summed E-state index contributed by atoms with van der Waals surface area (Å²) in [6.07, 6.45) is 3.44. The van der Waals surface area contributed by atoms with Gasteiger partial charge in [-0.05, 0) is 36.8 Å². The molecule has 6 heteroatoms. The summed E-state index contributed by atoms with van der Waals surface area (Å²) < 4.78 is 0. The molecule has 0 aliphatic heterocycles. The van der Waals surface area contributed by atoms with Gasteiger partial charge in [0.15, 0.2) is 0 Å². The predicted octanol–water partition coefficient (Wildman–Crippen LogP) is 3.34. The molecule has 1 aliphatic carbocycles. The van der Waals surface area contributed by atoms with Gasteiger partial charge in [0.25, 0.3) is 0 Å². The lowest BCUT2D eigenvalue weighted by molar-refractivity contribution is -0.0120. The molecule has 0 bridgehead atoms. The molecule has 0 radical (unpaired) electrons. The molecule has 1 saturated carbocycles. The van der Waals surface area contributed by atoms with Crippen LogP contribution in [0.3, 0.4) is 0 Å². The number of aliphatic hydroxyl groups is 1. The molecule has 4 nitrogen and oxygen atoms in total. The molecule has 1 aromatic carbocycles. The molecular weight excluding hydrogens is 306 g/mol. The average molecular weight is 324 g/mol. The van der Waals surface area contributed by atoms with Gasteiger partial charge in [-0.15, -0.1) is 0 Å². The van der Waals surface area contributed by atoms with E-state index in [0.717, 1.165) is 35.3 Å². The maximum absolute atomic E-state index is 10.6. The molecule has 0 amide bonds. The number of hydrogen-bond donors (Lipinski definition) is 2. The van der Waals surface area contributed by atoms with Crippen molar-refractivity contribution >= 4 is 40.1 Å². The van der Waals surface area contributed by atoms with Gasteiger partial charge in [-0.25, -0.2) is 9.97 Å². The van der Waals surface area contributed by atoms with E-state index in [1.807, 2.05) is 30.0 Å². The second-order valence-electron chi connectivity index (χ2n) is 5.32. The van der Waals surface area contributed by atoms with Crippen LogP contribution in [0.2, 0.25) is 5.02 Å². The summed E-state index contributed by atoms with van der Waals surface area (Å²) in [5.74, 6) is 1.78. The molecule has 1 heterocycles. The predicted molar refractivity (Wildman–Crippen MR) is 89.1 cm³/mol. The number of aromatic nitrogens is 2. The topological polar surface area (TPSA) is 58.0 Å². The Balaban J connectivity index is 1.77. The lowest BCUT2D eigenvalue weighted by Crippen LogP contribution is -2.54. The van der Waals surface area contributed by atoms with Crippen molar-refractivity contribution in [2.45, 2.75) is 30.6 Å². The number of rotatable bonds is 5. The van der Waals surface area contributed by atoms with E-state index in [9.17, 15) is 5.11 Å². The van der Waals surface area contributed by atoms with Gasteiger partial charge in [-0.2, -0.15) is 11.8 Å². The van der Waals surface area contributed by atoms with Crippen molar-refractivity contribution in [1.82, 2.24) is 9.97 Å². The summed E-state index contributed by atoms with van der Waals surface area (Å²) in [4.78, 5) is 8.51. The summed E-state index contributed by atoms with van der Waals surface area (Å²) in [5, 5.41) is 15.8. The van der Waals surface area contributed by atoms with Gasteiger partial charge in [0.2, 0.25) is 0 Å². The van der Waals surface area contributed by atoms with E-state index in [1.54, 1.807) is 0 Å². The average Bonchev–Trinajstić information content (AvgIpc) is 2.48. The van der Waals surface area contributed by atoms with Gasteiger partial charge < -0.3 is 10.4 Å². The highest BCUT2D eigenvalue weighted by atomic mass is 35.5. The Morgan fingerprint density at radius 2 is 2.33 bits per heavy atom. The standard InChI is InChI=1S/C15H18ClN3OS/c1-2-21-13-5-6-15(13,20)8-17-14-11-4-3-10(16)7-12(11)18-9-19-14/h3-4,7,9,13,20H,2,5-6,8H2,1H3,(H,17,18,19). The smallest absolute Gasteiger partial charge is 0.137 e. The van der Waals surface area contributed by atoms with Gasteiger partial charge >= 0.3 is 0 Å². The number of nitrogens with one attached hydrogen (secondary N) is 1. The molecule has 2 N–H and O–H groups in total. The van der Waals surface area contributed by atoms with Crippen molar-refractivity contribution in [1.29, 1.82) is 0 Å². The monoisotopic (exact) mass is 323 g/mol. The minimum absolute atomic E-state index is 0.317. The second kappa shape index (κ2) is 5.99. The normalized spacial score (nSPS) is 24.8. The van der Waals surface area contributed by atoms with E-state index in [2.05, 4.69) is 22.2 Å². The number of fused-ring (bicyclic) bond motifs is 1. The van der Waals surface area contributed by atoms with Crippen LogP contribution < -0.4 is 5.32 Å². The lowest BCUT2D eigenvalue weighted by Gasteiger charge is -2.45. The van der Waals surface area contributed by atoms with E-state index in [1.165, 1.54) is 6.33 Å².